The highest BCUT2D eigenvalue weighted by Gasteiger charge is 2.54. The fourth-order valence-corrected chi connectivity index (χ4v) is 3.82. The van der Waals surface area contributed by atoms with Crippen molar-refractivity contribution in [2.24, 2.45) is 0 Å². The maximum Gasteiger partial charge on any atom is 0.338 e. The normalized spacial score (nSPS) is 14.2. The van der Waals surface area contributed by atoms with E-state index in [0.29, 0.717) is 34.5 Å². The third-order valence-electron chi connectivity index (χ3n) is 5.49. The van der Waals surface area contributed by atoms with Crippen molar-refractivity contribution in [1.29, 1.82) is 0 Å². The van der Waals surface area contributed by atoms with Gasteiger partial charge in [-0.1, -0.05) is 67.9 Å². The number of rotatable bonds is 7. The predicted molar refractivity (Wildman–Crippen MR) is 118 cm³/mol. The molecule has 0 unspecified atom stereocenters. The van der Waals surface area contributed by atoms with Gasteiger partial charge >= 0.3 is 5.97 Å². The lowest BCUT2D eigenvalue weighted by Gasteiger charge is -2.29. The highest BCUT2D eigenvalue weighted by atomic mass is 16.5. The van der Waals surface area contributed by atoms with Crippen LogP contribution in [0.25, 0.3) is 0 Å². The van der Waals surface area contributed by atoms with Crippen molar-refractivity contribution >= 4 is 23.2 Å². The van der Waals surface area contributed by atoms with Gasteiger partial charge in [0.15, 0.2) is 5.54 Å². The van der Waals surface area contributed by atoms with Gasteiger partial charge in [0, 0.05) is 16.8 Å². The van der Waals surface area contributed by atoms with Crippen molar-refractivity contribution in [3.8, 4) is 0 Å². The number of benzene rings is 3. The quantitative estimate of drug-likeness (QED) is 0.334. The van der Waals surface area contributed by atoms with Crippen LogP contribution >= 0.6 is 0 Å². The van der Waals surface area contributed by atoms with Crippen LogP contribution in [0.5, 0.6) is 0 Å². The van der Waals surface area contributed by atoms with E-state index in [1.807, 2.05) is 13.0 Å². The summed E-state index contributed by atoms with van der Waals surface area (Å²) in [5, 5.41) is 3.18. The molecule has 0 saturated carbocycles. The molecule has 0 aliphatic heterocycles. The molecular formula is C26H23NO4. The van der Waals surface area contributed by atoms with E-state index in [0.717, 1.165) is 12.8 Å². The topological polar surface area (TPSA) is 72.5 Å². The Hall–Kier alpha value is -3.73. The van der Waals surface area contributed by atoms with Crippen molar-refractivity contribution in [2.75, 3.05) is 11.9 Å². The minimum absolute atomic E-state index is 0.289. The summed E-state index contributed by atoms with van der Waals surface area (Å²) in [6.45, 7) is 2.41. The van der Waals surface area contributed by atoms with Crippen LogP contribution in [0.1, 0.15) is 56.4 Å². The second kappa shape index (κ2) is 8.56. The van der Waals surface area contributed by atoms with Crippen LogP contribution in [0.3, 0.4) is 0 Å². The van der Waals surface area contributed by atoms with Gasteiger partial charge in [-0.15, -0.1) is 0 Å². The molecule has 3 aromatic carbocycles. The van der Waals surface area contributed by atoms with Crippen molar-refractivity contribution in [1.82, 2.24) is 0 Å². The summed E-state index contributed by atoms with van der Waals surface area (Å²) in [5.74, 6) is -0.970. The van der Waals surface area contributed by atoms with Crippen LogP contribution in [-0.2, 0) is 10.3 Å². The number of hydrogen-bond donors (Lipinski definition) is 1. The zero-order valence-corrected chi connectivity index (χ0v) is 17.3. The predicted octanol–water partition coefficient (Wildman–Crippen LogP) is 5.03. The molecule has 4 rings (SSSR count). The van der Waals surface area contributed by atoms with Crippen molar-refractivity contribution < 1.29 is 19.1 Å². The average Bonchev–Trinajstić information content (AvgIpc) is 3.03. The fraction of sp³-hybridized carbons (Fsp3) is 0.192. The van der Waals surface area contributed by atoms with E-state index in [9.17, 15) is 14.4 Å². The van der Waals surface area contributed by atoms with Gasteiger partial charge in [-0.3, -0.25) is 9.59 Å². The highest BCUT2D eigenvalue weighted by molar-refractivity contribution is 6.34. The van der Waals surface area contributed by atoms with E-state index in [-0.39, 0.29) is 11.6 Å². The maximum absolute atomic E-state index is 13.5. The summed E-state index contributed by atoms with van der Waals surface area (Å²) in [6.07, 6.45) is 1.76. The molecule has 5 heteroatoms. The van der Waals surface area contributed by atoms with Gasteiger partial charge in [-0.2, -0.15) is 0 Å². The van der Waals surface area contributed by atoms with E-state index in [4.69, 9.17) is 4.74 Å². The number of fused-ring (bicyclic) bond motifs is 1. The van der Waals surface area contributed by atoms with E-state index >= 15 is 0 Å². The molecule has 0 heterocycles. The molecule has 0 saturated heterocycles. The first-order chi connectivity index (χ1) is 15.1. The van der Waals surface area contributed by atoms with Crippen LogP contribution in [0.4, 0.5) is 5.69 Å². The molecule has 3 aromatic rings. The summed E-state index contributed by atoms with van der Waals surface area (Å²) in [5.41, 5.74) is 0.809. The molecule has 0 atom stereocenters. The minimum Gasteiger partial charge on any atom is -0.462 e. The first-order valence-corrected chi connectivity index (χ1v) is 10.4. The van der Waals surface area contributed by atoms with Gasteiger partial charge in [0.2, 0.25) is 11.6 Å². The van der Waals surface area contributed by atoms with Gasteiger partial charge in [-0.05, 0) is 36.2 Å². The van der Waals surface area contributed by atoms with E-state index in [1.54, 1.807) is 72.8 Å². The monoisotopic (exact) mass is 413 g/mol. The molecule has 0 radical (unpaired) electrons. The van der Waals surface area contributed by atoms with Gasteiger partial charge in [-0.25, -0.2) is 4.79 Å². The fourth-order valence-electron chi connectivity index (χ4n) is 3.82. The van der Waals surface area contributed by atoms with Crippen LogP contribution < -0.4 is 5.32 Å². The van der Waals surface area contributed by atoms with Gasteiger partial charge in [0.05, 0.1) is 12.2 Å². The van der Waals surface area contributed by atoms with Crippen LogP contribution in [0.15, 0.2) is 78.9 Å². The molecule has 0 aromatic heterocycles. The number of carbonyl (C=O) groups is 3. The zero-order chi connectivity index (χ0) is 21.8. The Morgan fingerprint density at radius 3 is 2.00 bits per heavy atom. The van der Waals surface area contributed by atoms with Crippen LogP contribution in [0.2, 0.25) is 0 Å². The van der Waals surface area contributed by atoms with Crippen LogP contribution in [-0.4, -0.2) is 24.1 Å². The van der Waals surface area contributed by atoms with Crippen molar-refractivity contribution in [3.05, 3.63) is 101 Å². The third kappa shape index (κ3) is 3.63. The lowest BCUT2D eigenvalue weighted by Crippen LogP contribution is -2.46. The minimum atomic E-state index is -1.55. The number of ketones is 2. The second-order valence-electron chi connectivity index (χ2n) is 7.51. The summed E-state index contributed by atoms with van der Waals surface area (Å²) in [7, 11) is 0. The average molecular weight is 413 g/mol. The molecule has 0 bridgehead atoms. The molecule has 0 fully saturated rings. The molecular weight excluding hydrogens is 390 g/mol. The molecule has 1 aliphatic rings. The Labute approximate surface area is 181 Å². The van der Waals surface area contributed by atoms with Crippen molar-refractivity contribution in [3.63, 3.8) is 0 Å². The third-order valence-corrected chi connectivity index (χ3v) is 5.49. The van der Waals surface area contributed by atoms with E-state index < -0.39 is 11.5 Å². The van der Waals surface area contributed by atoms with Gasteiger partial charge < -0.3 is 10.1 Å². The Kier molecular flexibility index (Phi) is 5.67. The smallest absolute Gasteiger partial charge is 0.338 e. The molecule has 5 nitrogen and oxygen atoms in total. The summed E-state index contributed by atoms with van der Waals surface area (Å²) >= 11 is 0. The molecule has 0 spiro atoms. The molecule has 1 aliphatic carbocycles. The second-order valence-corrected chi connectivity index (χ2v) is 7.51. The molecule has 156 valence electrons. The molecule has 1 N–H and O–H groups in total. The number of esters is 1. The summed E-state index contributed by atoms with van der Waals surface area (Å²) in [6, 6.07) is 22.5. The first kappa shape index (κ1) is 20.5. The van der Waals surface area contributed by atoms with Gasteiger partial charge in [0.1, 0.15) is 0 Å². The number of anilines is 1. The number of Topliss-reactive ketones (excluding diaryl/α,β-unsaturated/α-hetero) is 2. The largest absolute Gasteiger partial charge is 0.462 e. The Morgan fingerprint density at radius 2 is 1.42 bits per heavy atom. The summed E-state index contributed by atoms with van der Waals surface area (Å²) < 4.78 is 5.24. The first-order valence-electron chi connectivity index (χ1n) is 10.4. The Balaban J connectivity index is 1.67. The van der Waals surface area contributed by atoms with E-state index in [2.05, 4.69) is 5.32 Å². The zero-order valence-electron chi connectivity index (χ0n) is 17.3. The Bertz CT molecular complexity index is 1080. The number of nitrogens with one attached hydrogen (secondary N) is 1. The molecule has 0 amide bonds. The summed E-state index contributed by atoms with van der Waals surface area (Å²) in [4.78, 5) is 39.2. The van der Waals surface area contributed by atoms with E-state index in [1.165, 1.54) is 0 Å². The lowest BCUT2D eigenvalue weighted by molar-refractivity contribution is 0.0499. The van der Waals surface area contributed by atoms with Gasteiger partial charge in [0.25, 0.3) is 0 Å². The number of carbonyl (C=O) groups excluding carboxylic acids is 3. The standard InChI is InChI=1S/C26H23NO4/c1-2-3-17-31-25(30)18-13-15-20(16-14-18)27-26(19-9-5-4-6-10-19)23(28)21-11-7-8-12-22(21)24(26)29/h4-16,27H,2-3,17H2,1H3. The highest BCUT2D eigenvalue weighted by Crippen LogP contribution is 2.40. The van der Waals surface area contributed by atoms with Crippen LogP contribution in [0, 0.1) is 0 Å². The number of ether oxygens (including phenoxy) is 1. The number of hydrogen-bond acceptors (Lipinski definition) is 5. The maximum atomic E-state index is 13.5. The molecule has 31 heavy (non-hydrogen) atoms. The SMILES string of the molecule is CCCCOC(=O)c1ccc(NC2(c3ccccc3)C(=O)c3ccccc3C2=O)cc1. The van der Waals surface area contributed by atoms with Crippen molar-refractivity contribution in [2.45, 2.75) is 25.3 Å². The Morgan fingerprint density at radius 1 is 0.839 bits per heavy atom. The number of unbranched alkanes of at least 4 members (excludes halogenated alkanes) is 1. The lowest BCUT2D eigenvalue weighted by atomic mass is 9.84.